The molecule has 4 heteroatoms. The molecule has 1 amide bonds. The highest BCUT2D eigenvalue weighted by atomic mass is 79.9. The summed E-state index contributed by atoms with van der Waals surface area (Å²) in [5.74, 6) is 1.63. The highest BCUT2D eigenvalue weighted by molar-refractivity contribution is 9.10. The SMILES string of the molecule is CCC1CC(=O)N(CCOc2cccc(Br)c2)C1. The number of carbonyl (C=O) groups is 1. The van der Waals surface area contributed by atoms with Gasteiger partial charge in [-0.15, -0.1) is 0 Å². The van der Waals surface area contributed by atoms with Gasteiger partial charge in [0.25, 0.3) is 0 Å². The van der Waals surface area contributed by atoms with Crippen LogP contribution in [0.15, 0.2) is 28.7 Å². The molecule has 2 rings (SSSR count). The molecule has 3 nitrogen and oxygen atoms in total. The van der Waals surface area contributed by atoms with Gasteiger partial charge in [0.15, 0.2) is 0 Å². The first kappa shape index (κ1) is 13.4. The van der Waals surface area contributed by atoms with Crippen molar-refractivity contribution in [1.82, 2.24) is 4.90 Å². The molecular weight excluding hydrogens is 294 g/mol. The molecule has 0 saturated carbocycles. The van der Waals surface area contributed by atoms with Crippen molar-refractivity contribution in [1.29, 1.82) is 0 Å². The molecule has 1 fully saturated rings. The van der Waals surface area contributed by atoms with Gasteiger partial charge in [-0.3, -0.25) is 4.79 Å². The lowest BCUT2D eigenvalue weighted by molar-refractivity contribution is -0.128. The van der Waals surface area contributed by atoms with Crippen LogP contribution in [0, 0.1) is 5.92 Å². The van der Waals surface area contributed by atoms with Gasteiger partial charge in [0.1, 0.15) is 12.4 Å². The third-order valence-corrected chi connectivity index (χ3v) is 3.79. The van der Waals surface area contributed by atoms with Crippen LogP contribution in [0.4, 0.5) is 0 Å². The second-order valence-corrected chi connectivity index (χ2v) is 5.54. The number of hydrogen-bond donors (Lipinski definition) is 0. The van der Waals surface area contributed by atoms with Crippen molar-refractivity contribution in [3.8, 4) is 5.75 Å². The number of ether oxygens (including phenoxy) is 1. The van der Waals surface area contributed by atoms with Gasteiger partial charge in [-0.05, 0) is 24.1 Å². The minimum absolute atomic E-state index is 0.264. The second kappa shape index (κ2) is 6.23. The van der Waals surface area contributed by atoms with Crippen LogP contribution in [0.3, 0.4) is 0 Å². The molecule has 1 saturated heterocycles. The maximum atomic E-state index is 11.7. The van der Waals surface area contributed by atoms with Gasteiger partial charge in [0.05, 0.1) is 6.54 Å². The van der Waals surface area contributed by atoms with Crippen LogP contribution in [-0.4, -0.2) is 30.5 Å². The van der Waals surface area contributed by atoms with Gasteiger partial charge in [0, 0.05) is 17.4 Å². The Morgan fingerprint density at radius 2 is 2.33 bits per heavy atom. The molecular formula is C14H18BrNO2. The fourth-order valence-electron chi connectivity index (χ4n) is 2.17. The van der Waals surface area contributed by atoms with E-state index in [1.54, 1.807) is 0 Å². The minimum Gasteiger partial charge on any atom is -0.492 e. The summed E-state index contributed by atoms with van der Waals surface area (Å²) in [4.78, 5) is 13.6. The van der Waals surface area contributed by atoms with E-state index < -0.39 is 0 Å². The number of nitrogens with zero attached hydrogens (tertiary/aromatic N) is 1. The van der Waals surface area contributed by atoms with Gasteiger partial charge >= 0.3 is 0 Å². The molecule has 98 valence electrons. The molecule has 0 radical (unpaired) electrons. The molecule has 0 aliphatic carbocycles. The lowest BCUT2D eigenvalue weighted by Gasteiger charge is -2.16. The van der Waals surface area contributed by atoms with Gasteiger partial charge in [-0.2, -0.15) is 0 Å². The van der Waals surface area contributed by atoms with Gasteiger partial charge in [-0.25, -0.2) is 0 Å². The predicted octanol–water partition coefficient (Wildman–Crippen LogP) is 3.09. The van der Waals surface area contributed by atoms with E-state index in [1.807, 2.05) is 29.2 Å². The third-order valence-electron chi connectivity index (χ3n) is 3.30. The van der Waals surface area contributed by atoms with Crippen molar-refractivity contribution in [2.24, 2.45) is 5.92 Å². The van der Waals surface area contributed by atoms with Crippen molar-refractivity contribution in [3.05, 3.63) is 28.7 Å². The Balaban J connectivity index is 1.77. The molecule has 1 aliphatic heterocycles. The number of rotatable bonds is 5. The quantitative estimate of drug-likeness (QED) is 0.836. The average Bonchev–Trinajstić information content (AvgIpc) is 2.71. The molecule has 1 atom stereocenters. The lowest BCUT2D eigenvalue weighted by Crippen LogP contribution is -2.29. The largest absolute Gasteiger partial charge is 0.492 e. The molecule has 0 N–H and O–H groups in total. The molecule has 18 heavy (non-hydrogen) atoms. The topological polar surface area (TPSA) is 29.5 Å². The van der Waals surface area contributed by atoms with Crippen LogP contribution in [-0.2, 0) is 4.79 Å². The van der Waals surface area contributed by atoms with Crippen LogP contribution in [0.5, 0.6) is 5.75 Å². The molecule has 0 spiro atoms. The fraction of sp³-hybridized carbons (Fsp3) is 0.500. The Bertz CT molecular complexity index is 422. The van der Waals surface area contributed by atoms with E-state index in [0.717, 1.165) is 23.2 Å². The van der Waals surface area contributed by atoms with Gasteiger partial charge in [0.2, 0.25) is 5.91 Å². The van der Waals surface area contributed by atoms with Crippen LogP contribution >= 0.6 is 15.9 Å². The normalized spacial score (nSPS) is 19.3. The molecule has 0 bridgehead atoms. The van der Waals surface area contributed by atoms with Gasteiger partial charge < -0.3 is 9.64 Å². The van der Waals surface area contributed by atoms with Crippen molar-refractivity contribution < 1.29 is 9.53 Å². The minimum atomic E-state index is 0.264. The van der Waals surface area contributed by atoms with Crippen molar-refractivity contribution in [2.75, 3.05) is 19.7 Å². The van der Waals surface area contributed by atoms with Crippen LogP contribution in [0.2, 0.25) is 0 Å². The predicted molar refractivity (Wildman–Crippen MR) is 74.6 cm³/mol. The number of hydrogen-bond acceptors (Lipinski definition) is 2. The highest BCUT2D eigenvalue weighted by Crippen LogP contribution is 2.21. The van der Waals surface area contributed by atoms with Crippen molar-refractivity contribution in [3.63, 3.8) is 0 Å². The van der Waals surface area contributed by atoms with Gasteiger partial charge in [-0.1, -0.05) is 35.3 Å². The summed E-state index contributed by atoms with van der Waals surface area (Å²) >= 11 is 3.40. The molecule has 0 aromatic heterocycles. The molecule has 1 unspecified atom stereocenters. The zero-order valence-corrected chi connectivity index (χ0v) is 12.1. The number of halogens is 1. The maximum absolute atomic E-state index is 11.7. The Hall–Kier alpha value is -1.03. The lowest BCUT2D eigenvalue weighted by atomic mass is 10.1. The standard InChI is InChI=1S/C14H18BrNO2/c1-2-11-8-14(17)16(10-11)6-7-18-13-5-3-4-12(15)9-13/h3-5,9,11H,2,6-8,10H2,1H3. The first-order valence-corrected chi connectivity index (χ1v) is 7.14. The summed E-state index contributed by atoms with van der Waals surface area (Å²) in [6, 6.07) is 7.75. The number of benzene rings is 1. The molecule has 1 aromatic rings. The van der Waals surface area contributed by atoms with E-state index in [0.29, 0.717) is 25.5 Å². The van der Waals surface area contributed by atoms with E-state index in [-0.39, 0.29) is 5.91 Å². The van der Waals surface area contributed by atoms with E-state index in [9.17, 15) is 4.79 Å². The Morgan fingerprint density at radius 1 is 1.50 bits per heavy atom. The number of amides is 1. The fourth-order valence-corrected chi connectivity index (χ4v) is 2.55. The maximum Gasteiger partial charge on any atom is 0.223 e. The summed E-state index contributed by atoms with van der Waals surface area (Å²) in [5, 5.41) is 0. The smallest absolute Gasteiger partial charge is 0.223 e. The molecule has 1 aromatic carbocycles. The van der Waals surface area contributed by atoms with E-state index in [4.69, 9.17) is 4.74 Å². The molecule has 1 heterocycles. The zero-order chi connectivity index (χ0) is 13.0. The molecule has 1 aliphatic rings. The summed E-state index contributed by atoms with van der Waals surface area (Å²) in [7, 11) is 0. The van der Waals surface area contributed by atoms with Crippen LogP contribution in [0.25, 0.3) is 0 Å². The summed E-state index contributed by atoms with van der Waals surface area (Å²) in [5.41, 5.74) is 0. The Morgan fingerprint density at radius 3 is 3.00 bits per heavy atom. The summed E-state index contributed by atoms with van der Waals surface area (Å²) in [6.45, 7) is 4.26. The second-order valence-electron chi connectivity index (χ2n) is 4.62. The Labute approximate surface area is 116 Å². The van der Waals surface area contributed by atoms with Crippen LogP contribution < -0.4 is 4.74 Å². The third kappa shape index (κ3) is 3.48. The average molecular weight is 312 g/mol. The van der Waals surface area contributed by atoms with Crippen molar-refractivity contribution in [2.45, 2.75) is 19.8 Å². The van der Waals surface area contributed by atoms with E-state index in [1.165, 1.54) is 0 Å². The van der Waals surface area contributed by atoms with E-state index in [2.05, 4.69) is 22.9 Å². The van der Waals surface area contributed by atoms with Crippen LogP contribution in [0.1, 0.15) is 19.8 Å². The summed E-state index contributed by atoms with van der Waals surface area (Å²) < 4.78 is 6.65. The zero-order valence-electron chi connectivity index (χ0n) is 10.6. The summed E-state index contributed by atoms with van der Waals surface area (Å²) in [6.07, 6.45) is 1.78. The van der Waals surface area contributed by atoms with E-state index >= 15 is 0 Å². The number of likely N-dealkylation sites (tertiary alicyclic amines) is 1. The Kier molecular flexibility index (Phi) is 4.64. The first-order chi connectivity index (χ1) is 8.69. The monoisotopic (exact) mass is 311 g/mol. The number of carbonyl (C=O) groups excluding carboxylic acids is 1. The van der Waals surface area contributed by atoms with Crippen molar-refractivity contribution >= 4 is 21.8 Å². The highest BCUT2D eigenvalue weighted by Gasteiger charge is 2.27. The first-order valence-electron chi connectivity index (χ1n) is 6.35.